The van der Waals surface area contributed by atoms with E-state index in [1.807, 2.05) is 24.1 Å². The molecule has 1 aliphatic rings. The van der Waals surface area contributed by atoms with Crippen molar-refractivity contribution < 1.29 is 14.3 Å². The normalized spacial score (nSPS) is 13.7. The summed E-state index contributed by atoms with van der Waals surface area (Å²) in [6, 6.07) is 14.5. The Labute approximate surface area is 214 Å². The number of para-hydroxylation sites is 1. The predicted molar refractivity (Wildman–Crippen MR) is 145 cm³/mol. The van der Waals surface area contributed by atoms with Gasteiger partial charge in [0.15, 0.2) is 5.11 Å². The highest BCUT2D eigenvalue weighted by Gasteiger charge is 2.24. The number of carbonyl (C=O) groups is 2. The Morgan fingerprint density at radius 3 is 2.43 bits per heavy atom. The third kappa shape index (κ3) is 8.06. The predicted octanol–water partition coefficient (Wildman–Crippen LogP) is 6.18. The van der Waals surface area contributed by atoms with Crippen LogP contribution in [0.3, 0.4) is 0 Å². The molecule has 0 bridgehead atoms. The second kappa shape index (κ2) is 13.8. The maximum Gasteiger partial charge on any atom is 0.257 e. The van der Waals surface area contributed by atoms with Gasteiger partial charge in [-0.1, -0.05) is 57.6 Å². The third-order valence-corrected chi connectivity index (χ3v) is 6.66. The molecule has 0 saturated heterocycles. The number of nitrogens with one attached hydrogen (secondary N) is 2. The van der Waals surface area contributed by atoms with Gasteiger partial charge in [-0.3, -0.25) is 14.9 Å². The van der Waals surface area contributed by atoms with Gasteiger partial charge in [0.1, 0.15) is 5.75 Å². The van der Waals surface area contributed by atoms with E-state index in [0.29, 0.717) is 23.4 Å². The van der Waals surface area contributed by atoms with Gasteiger partial charge in [0.25, 0.3) is 11.8 Å². The first-order valence-electron chi connectivity index (χ1n) is 12.7. The van der Waals surface area contributed by atoms with Crippen LogP contribution < -0.4 is 15.4 Å². The minimum absolute atomic E-state index is 0.0422. The van der Waals surface area contributed by atoms with Gasteiger partial charge in [-0.2, -0.15) is 0 Å². The fourth-order valence-corrected chi connectivity index (χ4v) is 4.56. The summed E-state index contributed by atoms with van der Waals surface area (Å²) in [4.78, 5) is 27.7. The van der Waals surface area contributed by atoms with Crippen LogP contribution in [0.25, 0.3) is 0 Å². The summed E-state index contributed by atoms with van der Waals surface area (Å²) in [6.45, 7) is 2.86. The number of carbonyl (C=O) groups excluding carboxylic acids is 2. The summed E-state index contributed by atoms with van der Waals surface area (Å²) in [6.07, 6.45) is 10.2. The first-order valence-corrected chi connectivity index (χ1v) is 13.1. The molecule has 2 aromatic carbocycles. The molecule has 0 unspecified atom stereocenters. The number of nitrogens with zero attached hydrogens (tertiary/aromatic N) is 1. The monoisotopic (exact) mass is 495 g/mol. The van der Waals surface area contributed by atoms with Crippen LogP contribution in [0.5, 0.6) is 5.75 Å². The Kier molecular flexibility index (Phi) is 10.5. The molecule has 3 rings (SSSR count). The van der Waals surface area contributed by atoms with Crippen molar-refractivity contribution in [3.8, 4) is 5.75 Å². The second-order valence-electron chi connectivity index (χ2n) is 9.10. The number of unbranched alkanes of at least 4 members (excludes halogenated alkanes) is 3. The molecule has 0 aliphatic heterocycles. The van der Waals surface area contributed by atoms with Gasteiger partial charge in [0.2, 0.25) is 0 Å². The molecule has 2 aromatic rings. The fourth-order valence-electron chi connectivity index (χ4n) is 4.35. The van der Waals surface area contributed by atoms with Crippen LogP contribution in [0.4, 0.5) is 5.69 Å². The molecule has 2 amide bonds. The van der Waals surface area contributed by atoms with E-state index in [1.54, 1.807) is 36.4 Å². The number of anilines is 1. The van der Waals surface area contributed by atoms with Crippen molar-refractivity contribution in [3.63, 3.8) is 0 Å². The zero-order chi connectivity index (χ0) is 25.0. The molecular weight excluding hydrogens is 458 g/mol. The average molecular weight is 496 g/mol. The fraction of sp³-hybridized carbons (Fsp3) is 0.464. The zero-order valence-corrected chi connectivity index (χ0v) is 21.7. The van der Waals surface area contributed by atoms with Crippen molar-refractivity contribution in [2.24, 2.45) is 0 Å². The number of hydrogen-bond acceptors (Lipinski definition) is 4. The quantitative estimate of drug-likeness (QED) is 0.304. The van der Waals surface area contributed by atoms with Crippen LogP contribution in [0.2, 0.25) is 0 Å². The molecule has 0 aromatic heterocycles. The number of hydrogen-bond donors (Lipinski definition) is 2. The average Bonchev–Trinajstić information content (AvgIpc) is 2.89. The van der Waals surface area contributed by atoms with E-state index in [0.717, 1.165) is 44.3 Å². The molecule has 2 N–H and O–H groups in total. The molecule has 7 heteroatoms. The van der Waals surface area contributed by atoms with Crippen molar-refractivity contribution in [1.29, 1.82) is 0 Å². The molecule has 6 nitrogen and oxygen atoms in total. The molecule has 0 spiro atoms. The molecule has 35 heavy (non-hydrogen) atoms. The van der Waals surface area contributed by atoms with E-state index in [2.05, 4.69) is 17.6 Å². The van der Waals surface area contributed by atoms with Gasteiger partial charge in [0, 0.05) is 18.7 Å². The van der Waals surface area contributed by atoms with E-state index >= 15 is 0 Å². The SMILES string of the molecule is CCCCCCOc1ccc(C(=O)NC(=S)Nc2ccccc2C(=O)N(C)C2CCCCC2)cc1. The molecule has 0 radical (unpaired) electrons. The van der Waals surface area contributed by atoms with Crippen molar-refractivity contribution >= 4 is 34.8 Å². The van der Waals surface area contributed by atoms with Gasteiger partial charge < -0.3 is 15.0 Å². The van der Waals surface area contributed by atoms with E-state index in [1.165, 1.54) is 19.3 Å². The van der Waals surface area contributed by atoms with Gasteiger partial charge in [-0.15, -0.1) is 0 Å². The van der Waals surface area contributed by atoms with Crippen LogP contribution in [0.1, 0.15) is 85.4 Å². The standard InChI is InChI=1S/C28H37N3O3S/c1-3-4-5-11-20-34-23-18-16-21(17-19-23)26(32)30-28(35)29-25-15-10-9-14-24(25)27(33)31(2)22-12-7-6-8-13-22/h9-10,14-19,22H,3-8,11-13,20H2,1-2H3,(H2,29,30,32,35). The van der Waals surface area contributed by atoms with Crippen LogP contribution in [-0.4, -0.2) is 41.5 Å². The Hall–Kier alpha value is -2.93. The van der Waals surface area contributed by atoms with E-state index in [4.69, 9.17) is 17.0 Å². The Balaban J connectivity index is 1.54. The minimum Gasteiger partial charge on any atom is -0.494 e. The topological polar surface area (TPSA) is 70.7 Å². The van der Waals surface area contributed by atoms with E-state index in [9.17, 15) is 9.59 Å². The van der Waals surface area contributed by atoms with Crippen molar-refractivity contribution in [2.75, 3.05) is 19.0 Å². The van der Waals surface area contributed by atoms with Crippen LogP contribution in [-0.2, 0) is 0 Å². The summed E-state index contributed by atoms with van der Waals surface area (Å²) in [5, 5.41) is 5.88. The summed E-state index contributed by atoms with van der Waals surface area (Å²) >= 11 is 5.37. The number of rotatable bonds is 10. The molecule has 1 aliphatic carbocycles. The maximum atomic E-state index is 13.2. The number of amides is 2. The molecule has 0 atom stereocenters. The summed E-state index contributed by atoms with van der Waals surface area (Å²) in [7, 11) is 1.87. The molecular formula is C28H37N3O3S. The zero-order valence-electron chi connectivity index (χ0n) is 20.8. The maximum absolute atomic E-state index is 13.2. The molecule has 1 fully saturated rings. The highest BCUT2D eigenvalue weighted by Crippen LogP contribution is 2.25. The highest BCUT2D eigenvalue weighted by molar-refractivity contribution is 7.80. The lowest BCUT2D eigenvalue weighted by Crippen LogP contribution is -2.39. The number of ether oxygens (including phenoxy) is 1. The summed E-state index contributed by atoms with van der Waals surface area (Å²) < 4.78 is 5.74. The lowest BCUT2D eigenvalue weighted by atomic mass is 9.94. The van der Waals surface area contributed by atoms with Crippen LogP contribution >= 0.6 is 12.2 Å². The van der Waals surface area contributed by atoms with Gasteiger partial charge in [-0.25, -0.2) is 0 Å². The molecule has 0 heterocycles. The van der Waals surface area contributed by atoms with Crippen molar-refractivity contribution in [1.82, 2.24) is 10.2 Å². The van der Waals surface area contributed by atoms with Crippen LogP contribution in [0.15, 0.2) is 48.5 Å². The smallest absolute Gasteiger partial charge is 0.257 e. The largest absolute Gasteiger partial charge is 0.494 e. The third-order valence-electron chi connectivity index (χ3n) is 6.46. The lowest BCUT2D eigenvalue weighted by Gasteiger charge is -2.31. The van der Waals surface area contributed by atoms with Crippen LogP contribution in [0, 0.1) is 0 Å². The lowest BCUT2D eigenvalue weighted by molar-refractivity contribution is 0.0697. The summed E-state index contributed by atoms with van der Waals surface area (Å²) in [5.74, 6) is 0.382. The van der Waals surface area contributed by atoms with Gasteiger partial charge >= 0.3 is 0 Å². The van der Waals surface area contributed by atoms with Gasteiger partial charge in [-0.05, 0) is 67.9 Å². The minimum atomic E-state index is -0.319. The second-order valence-corrected chi connectivity index (χ2v) is 9.50. The van der Waals surface area contributed by atoms with Crippen molar-refractivity contribution in [3.05, 3.63) is 59.7 Å². The van der Waals surface area contributed by atoms with E-state index < -0.39 is 0 Å². The summed E-state index contributed by atoms with van der Waals surface area (Å²) in [5.41, 5.74) is 1.60. The van der Waals surface area contributed by atoms with Gasteiger partial charge in [0.05, 0.1) is 17.9 Å². The first-order chi connectivity index (χ1) is 17.0. The molecule has 1 saturated carbocycles. The Morgan fingerprint density at radius 1 is 1.00 bits per heavy atom. The first kappa shape index (κ1) is 26.7. The number of benzene rings is 2. The van der Waals surface area contributed by atoms with E-state index in [-0.39, 0.29) is 23.0 Å². The Bertz CT molecular complexity index is 987. The number of thiocarbonyl (C=S) groups is 1. The van der Waals surface area contributed by atoms with Crippen molar-refractivity contribution in [2.45, 2.75) is 70.8 Å². The highest BCUT2D eigenvalue weighted by atomic mass is 32.1. The Morgan fingerprint density at radius 2 is 1.71 bits per heavy atom. The molecule has 188 valence electrons.